The van der Waals surface area contributed by atoms with Crippen LogP contribution in [0.15, 0.2) is 47.8 Å². The molecule has 3 aromatic rings. The van der Waals surface area contributed by atoms with Crippen molar-refractivity contribution in [2.75, 3.05) is 12.4 Å². The van der Waals surface area contributed by atoms with Gasteiger partial charge in [0.05, 0.1) is 30.2 Å². The van der Waals surface area contributed by atoms with Crippen LogP contribution in [0.5, 0.6) is 11.5 Å². The van der Waals surface area contributed by atoms with E-state index in [4.69, 9.17) is 9.47 Å². The molecular formula is C20H19N3O5S. The summed E-state index contributed by atoms with van der Waals surface area (Å²) >= 11 is 1.37. The summed E-state index contributed by atoms with van der Waals surface area (Å²) in [6.07, 6.45) is 0.166. The number of aromatic nitrogens is 1. The highest BCUT2D eigenvalue weighted by atomic mass is 32.1. The lowest BCUT2D eigenvalue weighted by molar-refractivity contribution is -0.385. The predicted octanol–water partition coefficient (Wildman–Crippen LogP) is 4.13. The van der Waals surface area contributed by atoms with Crippen molar-refractivity contribution in [3.63, 3.8) is 0 Å². The average molecular weight is 413 g/mol. The van der Waals surface area contributed by atoms with Gasteiger partial charge in [0, 0.05) is 17.1 Å². The first kappa shape index (κ1) is 20.3. The molecule has 0 unspecified atom stereocenters. The van der Waals surface area contributed by atoms with Crippen molar-refractivity contribution in [1.82, 2.24) is 4.98 Å². The minimum atomic E-state index is -0.499. The van der Waals surface area contributed by atoms with Crippen molar-refractivity contribution in [2.45, 2.75) is 20.0 Å². The molecule has 150 valence electrons. The maximum absolute atomic E-state index is 12.2. The molecule has 0 aliphatic heterocycles. The van der Waals surface area contributed by atoms with Crippen molar-refractivity contribution in [3.05, 3.63) is 74.2 Å². The number of non-ortho nitro benzene ring substituents is 1. The molecule has 0 fully saturated rings. The lowest BCUT2D eigenvalue weighted by Crippen LogP contribution is -2.14. The second-order valence-corrected chi connectivity index (χ2v) is 7.15. The zero-order valence-electron chi connectivity index (χ0n) is 15.9. The van der Waals surface area contributed by atoms with Gasteiger partial charge in [-0.2, -0.15) is 0 Å². The Morgan fingerprint density at radius 3 is 2.66 bits per heavy atom. The third kappa shape index (κ3) is 5.52. The Morgan fingerprint density at radius 1 is 1.21 bits per heavy atom. The third-order valence-corrected chi connectivity index (χ3v) is 4.88. The summed E-state index contributed by atoms with van der Waals surface area (Å²) in [5.41, 5.74) is 2.45. The van der Waals surface area contributed by atoms with E-state index in [0.29, 0.717) is 16.5 Å². The molecule has 1 heterocycles. The Labute approximate surface area is 171 Å². The molecule has 1 N–H and O–H groups in total. The van der Waals surface area contributed by atoms with E-state index in [0.717, 1.165) is 11.3 Å². The number of amides is 1. The van der Waals surface area contributed by atoms with Crippen molar-refractivity contribution < 1.29 is 19.2 Å². The molecule has 0 aliphatic rings. The molecule has 8 nitrogen and oxygen atoms in total. The Bertz CT molecular complexity index is 1020. The Kier molecular flexibility index (Phi) is 6.40. The molecule has 0 atom stereocenters. The number of nitrogens with one attached hydrogen (secondary N) is 1. The summed E-state index contributed by atoms with van der Waals surface area (Å²) < 4.78 is 10.8. The number of nitrogens with zero attached hydrogens (tertiary/aromatic N) is 2. The van der Waals surface area contributed by atoms with Crippen LogP contribution in [-0.2, 0) is 17.8 Å². The van der Waals surface area contributed by atoms with Crippen LogP contribution >= 0.6 is 11.3 Å². The van der Waals surface area contributed by atoms with Crippen molar-refractivity contribution in [2.24, 2.45) is 0 Å². The molecule has 2 aromatic carbocycles. The Hall–Kier alpha value is -3.46. The quantitative estimate of drug-likeness (QED) is 0.440. The lowest BCUT2D eigenvalue weighted by atomic mass is 10.2. The van der Waals surface area contributed by atoms with E-state index in [2.05, 4.69) is 10.3 Å². The van der Waals surface area contributed by atoms with Gasteiger partial charge in [-0.05, 0) is 25.1 Å². The number of thiazole rings is 1. The standard InChI is InChI=1S/C20H19N3O5S/c1-13-3-5-14(6-4-13)21-19(24)10-20-22-15(12-29-20)11-28-17-8-7-16(23(25)26)9-18(17)27-2/h3-9,12H,10-11H2,1-2H3,(H,21,24). The number of hydrogen-bond donors (Lipinski definition) is 1. The monoisotopic (exact) mass is 413 g/mol. The first-order valence-electron chi connectivity index (χ1n) is 8.69. The number of ether oxygens (including phenoxy) is 2. The number of nitro benzene ring substituents is 1. The van der Waals surface area contributed by atoms with Crippen LogP contribution in [0.3, 0.4) is 0 Å². The molecule has 3 rings (SSSR count). The first-order valence-corrected chi connectivity index (χ1v) is 9.57. The zero-order valence-corrected chi connectivity index (χ0v) is 16.7. The number of benzene rings is 2. The van der Waals surface area contributed by atoms with E-state index < -0.39 is 4.92 Å². The molecule has 1 amide bonds. The molecule has 0 saturated carbocycles. The maximum Gasteiger partial charge on any atom is 0.273 e. The lowest BCUT2D eigenvalue weighted by Gasteiger charge is -2.09. The molecule has 0 aliphatic carbocycles. The van der Waals surface area contributed by atoms with Crippen molar-refractivity contribution in [3.8, 4) is 11.5 Å². The highest BCUT2D eigenvalue weighted by Gasteiger charge is 2.14. The third-order valence-electron chi connectivity index (χ3n) is 3.98. The number of carbonyl (C=O) groups is 1. The number of carbonyl (C=O) groups excluding carboxylic acids is 1. The maximum atomic E-state index is 12.2. The van der Waals surface area contributed by atoms with E-state index in [-0.39, 0.29) is 30.4 Å². The van der Waals surface area contributed by atoms with Gasteiger partial charge < -0.3 is 14.8 Å². The SMILES string of the molecule is COc1cc([N+](=O)[O-])ccc1OCc1csc(CC(=O)Nc2ccc(C)cc2)n1. The number of nitro groups is 1. The largest absolute Gasteiger partial charge is 0.493 e. The normalized spacial score (nSPS) is 10.4. The Balaban J connectivity index is 1.57. The minimum Gasteiger partial charge on any atom is -0.493 e. The highest BCUT2D eigenvalue weighted by Crippen LogP contribution is 2.31. The van der Waals surface area contributed by atoms with Crippen LogP contribution < -0.4 is 14.8 Å². The summed E-state index contributed by atoms with van der Waals surface area (Å²) in [7, 11) is 1.42. The Morgan fingerprint density at radius 2 is 1.97 bits per heavy atom. The van der Waals surface area contributed by atoms with E-state index in [1.54, 1.807) is 0 Å². The summed E-state index contributed by atoms with van der Waals surface area (Å²) in [6.45, 7) is 2.14. The minimum absolute atomic E-state index is 0.0790. The molecule has 1 aromatic heterocycles. The zero-order chi connectivity index (χ0) is 20.8. The number of methoxy groups -OCH3 is 1. The van der Waals surface area contributed by atoms with Crippen LogP contribution in [0, 0.1) is 17.0 Å². The number of anilines is 1. The van der Waals surface area contributed by atoms with Gasteiger partial charge in [0.15, 0.2) is 11.5 Å². The van der Waals surface area contributed by atoms with Gasteiger partial charge in [-0.3, -0.25) is 14.9 Å². The van der Waals surface area contributed by atoms with Crippen LogP contribution in [0.2, 0.25) is 0 Å². The van der Waals surface area contributed by atoms with Crippen molar-refractivity contribution in [1.29, 1.82) is 0 Å². The van der Waals surface area contributed by atoms with Gasteiger partial charge in [0.1, 0.15) is 11.6 Å². The van der Waals surface area contributed by atoms with Gasteiger partial charge in [0.25, 0.3) is 5.69 Å². The fourth-order valence-electron chi connectivity index (χ4n) is 2.52. The molecule has 0 radical (unpaired) electrons. The fraction of sp³-hybridized carbons (Fsp3) is 0.200. The number of aryl methyl sites for hydroxylation is 1. The van der Waals surface area contributed by atoms with E-state index in [1.165, 1.54) is 36.6 Å². The highest BCUT2D eigenvalue weighted by molar-refractivity contribution is 7.09. The average Bonchev–Trinajstić information content (AvgIpc) is 3.15. The summed E-state index contributed by atoms with van der Waals surface area (Å²) in [6, 6.07) is 11.7. The molecular weight excluding hydrogens is 394 g/mol. The van der Waals surface area contributed by atoms with Gasteiger partial charge in [-0.1, -0.05) is 17.7 Å². The fourth-order valence-corrected chi connectivity index (χ4v) is 3.29. The van der Waals surface area contributed by atoms with Crippen LogP contribution in [0.25, 0.3) is 0 Å². The number of rotatable bonds is 8. The van der Waals surface area contributed by atoms with E-state index >= 15 is 0 Å². The van der Waals surface area contributed by atoms with Crippen molar-refractivity contribution >= 4 is 28.6 Å². The predicted molar refractivity (Wildman–Crippen MR) is 110 cm³/mol. The topological polar surface area (TPSA) is 104 Å². The van der Waals surface area contributed by atoms with Crippen LogP contribution in [-0.4, -0.2) is 22.9 Å². The molecule has 0 bridgehead atoms. The van der Waals surface area contributed by atoms with E-state index in [9.17, 15) is 14.9 Å². The molecule has 9 heteroatoms. The van der Waals surface area contributed by atoms with E-state index in [1.807, 2.05) is 36.6 Å². The number of hydrogen-bond acceptors (Lipinski definition) is 7. The second kappa shape index (κ2) is 9.16. The van der Waals surface area contributed by atoms with Gasteiger partial charge in [-0.15, -0.1) is 11.3 Å². The van der Waals surface area contributed by atoms with Gasteiger partial charge >= 0.3 is 0 Å². The summed E-state index contributed by atoms with van der Waals surface area (Å²) in [5, 5.41) is 16.2. The second-order valence-electron chi connectivity index (χ2n) is 6.20. The summed E-state index contributed by atoms with van der Waals surface area (Å²) in [5.74, 6) is 0.504. The van der Waals surface area contributed by atoms with Gasteiger partial charge in [-0.25, -0.2) is 4.98 Å². The van der Waals surface area contributed by atoms with Gasteiger partial charge in [0.2, 0.25) is 5.91 Å². The summed E-state index contributed by atoms with van der Waals surface area (Å²) in [4.78, 5) is 26.9. The van der Waals surface area contributed by atoms with Crippen LogP contribution in [0.1, 0.15) is 16.3 Å². The molecule has 0 spiro atoms. The molecule has 0 saturated heterocycles. The first-order chi connectivity index (χ1) is 13.9. The smallest absolute Gasteiger partial charge is 0.273 e. The van der Waals surface area contributed by atoms with Crippen LogP contribution in [0.4, 0.5) is 11.4 Å². The molecule has 29 heavy (non-hydrogen) atoms.